The highest BCUT2D eigenvalue weighted by Gasteiger charge is 2.20. The predicted octanol–water partition coefficient (Wildman–Crippen LogP) is 5.80. The van der Waals surface area contributed by atoms with E-state index < -0.39 is 17.4 Å². The number of aromatic amines is 1. The molecule has 0 amide bonds. The molecule has 10 nitrogen and oxygen atoms in total. The Morgan fingerprint density at radius 3 is 2.26 bits per heavy atom. The molecule has 46 heavy (non-hydrogen) atoms. The van der Waals surface area contributed by atoms with E-state index in [2.05, 4.69) is 27.2 Å². The highest BCUT2D eigenvalue weighted by atomic mass is 19.1. The first kappa shape index (κ1) is 30.5. The molecule has 1 N–H and O–H groups in total. The number of hydrogen-bond donors (Lipinski definition) is 1. The lowest BCUT2D eigenvalue weighted by Crippen LogP contribution is -2.30. The molecule has 3 aromatic carbocycles. The van der Waals surface area contributed by atoms with Gasteiger partial charge in [-0.15, -0.1) is 0 Å². The molecule has 0 bridgehead atoms. The van der Waals surface area contributed by atoms with E-state index in [9.17, 15) is 18.4 Å². The number of nitrogens with zero attached hydrogens (tertiary/aromatic N) is 5. The van der Waals surface area contributed by atoms with Crippen LogP contribution in [0.1, 0.15) is 59.7 Å². The lowest BCUT2D eigenvalue weighted by atomic mass is 9.98. The normalized spacial score (nSPS) is 11.3. The summed E-state index contributed by atoms with van der Waals surface area (Å²) in [6, 6.07) is 18.9. The molecule has 0 unspecified atom stereocenters. The van der Waals surface area contributed by atoms with E-state index in [4.69, 9.17) is 14.0 Å². The minimum Gasteiger partial charge on any atom is -0.339 e. The third-order valence-corrected chi connectivity index (χ3v) is 7.77. The van der Waals surface area contributed by atoms with Gasteiger partial charge in [0.2, 0.25) is 5.89 Å². The maximum atomic E-state index is 14.1. The van der Waals surface area contributed by atoms with Crippen LogP contribution in [0, 0.1) is 18.6 Å². The predicted molar refractivity (Wildman–Crippen MR) is 165 cm³/mol. The molecule has 3 heterocycles. The van der Waals surface area contributed by atoms with Crippen LogP contribution in [0.25, 0.3) is 22.5 Å². The second-order valence-corrected chi connectivity index (χ2v) is 10.9. The standard InChI is InChI=1S/C34H30F2N6O4/c1-3-4-12-30-37-20(2)25(18-31-38-29(40-45-31)17-26-27(35)10-7-11-28(26)36)33(43)42(30)19-21-13-15-22(16-14-21)23-8-5-6-9-24(23)32-39-34(44)46-41-32/h5-11,13-16H,3-4,12,17-19H2,1-2H3,(H,39,41,44). The van der Waals surface area contributed by atoms with Crippen LogP contribution < -0.4 is 11.3 Å². The van der Waals surface area contributed by atoms with E-state index in [1.54, 1.807) is 11.5 Å². The van der Waals surface area contributed by atoms with E-state index in [-0.39, 0.29) is 35.7 Å². The number of aromatic nitrogens is 6. The molecule has 6 rings (SSSR count). The number of nitrogens with one attached hydrogen (secondary N) is 1. The largest absolute Gasteiger partial charge is 0.439 e. The van der Waals surface area contributed by atoms with Gasteiger partial charge in [0, 0.05) is 35.2 Å². The van der Waals surface area contributed by atoms with Crippen LogP contribution in [-0.4, -0.2) is 29.8 Å². The highest BCUT2D eigenvalue weighted by molar-refractivity contribution is 5.80. The van der Waals surface area contributed by atoms with Crippen molar-refractivity contribution in [3.05, 3.63) is 139 Å². The number of H-pyrrole nitrogens is 1. The van der Waals surface area contributed by atoms with Gasteiger partial charge < -0.3 is 4.52 Å². The summed E-state index contributed by atoms with van der Waals surface area (Å²) < 4.78 is 40.0. The SMILES string of the molecule is CCCCc1nc(C)c(Cc2nc(Cc3c(F)cccc3F)no2)c(=O)n1Cc1ccc(-c2ccccc2-c2noc(=O)[nH]2)cc1. The van der Waals surface area contributed by atoms with Crippen LogP contribution in [-0.2, 0) is 25.8 Å². The minimum absolute atomic E-state index is 0.0261. The van der Waals surface area contributed by atoms with Crippen molar-refractivity contribution >= 4 is 0 Å². The van der Waals surface area contributed by atoms with Crippen LogP contribution in [0.2, 0.25) is 0 Å². The fourth-order valence-electron chi connectivity index (χ4n) is 5.35. The zero-order valence-corrected chi connectivity index (χ0v) is 25.2. The van der Waals surface area contributed by atoms with Gasteiger partial charge in [-0.25, -0.2) is 18.6 Å². The monoisotopic (exact) mass is 624 g/mol. The van der Waals surface area contributed by atoms with Gasteiger partial charge in [-0.1, -0.05) is 78.3 Å². The van der Waals surface area contributed by atoms with Crippen LogP contribution >= 0.6 is 0 Å². The van der Waals surface area contributed by atoms with Crippen molar-refractivity contribution in [2.75, 3.05) is 0 Å². The van der Waals surface area contributed by atoms with E-state index in [1.165, 1.54) is 18.2 Å². The van der Waals surface area contributed by atoms with Gasteiger partial charge in [-0.05, 0) is 42.2 Å². The second-order valence-electron chi connectivity index (χ2n) is 10.9. The molecule has 0 fully saturated rings. The van der Waals surface area contributed by atoms with Crippen molar-refractivity contribution < 1.29 is 17.8 Å². The molecular formula is C34H30F2N6O4. The average molecular weight is 625 g/mol. The van der Waals surface area contributed by atoms with Crippen molar-refractivity contribution in [1.29, 1.82) is 0 Å². The number of unbranched alkanes of at least 4 members (excludes halogenated alkanes) is 1. The van der Waals surface area contributed by atoms with Crippen molar-refractivity contribution in [2.24, 2.45) is 0 Å². The Bertz CT molecular complexity index is 2090. The summed E-state index contributed by atoms with van der Waals surface area (Å²) in [4.78, 5) is 37.2. The summed E-state index contributed by atoms with van der Waals surface area (Å²) in [6.45, 7) is 4.14. The summed E-state index contributed by atoms with van der Waals surface area (Å²) in [7, 11) is 0. The quantitative estimate of drug-likeness (QED) is 0.191. The summed E-state index contributed by atoms with van der Waals surface area (Å²) in [5.74, 6) is -0.741. The molecule has 0 aliphatic carbocycles. The molecule has 0 saturated carbocycles. The van der Waals surface area contributed by atoms with E-state index in [1.807, 2.05) is 48.5 Å². The molecule has 0 radical (unpaired) electrons. The van der Waals surface area contributed by atoms with Crippen molar-refractivity contribution in [2.45, 2.75) is 52.5 Å². The second kappa shape index (κ2) is 13.2. The zero-order valence-electron chi connectivity index (χ0n) is 25.2. The van der Waals surface area contributed by atoms with Crippen LogP contribution in [0.15, 0.2) is 85.4 Å². The van der Waals surface area contributed by atoms with Gasteiger partial charge >= 0.3 is 5.76 Å². The molecule has 234 valence electrons. The molecule has 3 aromatic heterocycles. The number of aryl methyl sites for hydroxylation is 2. The van der Waals surface area contributed by atoms with Gasteiger partial charge in [0.15, 0.2) is 11.6 Å². The van der Waals surface area contributed by atoms with Crippen LogP contribution in [0.5, 0.6) is 0 Å². The van der Waals surface area contributed by atoms with Crippen LogP contribution in [0.4, 0.5) is 8.78 Å². The molecule has 6 aromatic rings. The maximum Gasteiger partial charge on any atom is 0.439 e. The molecule has 12 heteroatoms. The van der Waals surface area contributed by atoms with Crippen LogP contribution in [0.3, 0.4) is 0 Å². The lowest BCUT2D eigenvalue weighted by molar-refractivity contribution is 0.379. The third-order valence-electron chi connectivity index (χ3n) is 7.77. The first-order valence-electron chi connectivity index (χ1n) is 14.9. The zero-order chi connectivity index (χ0) is 32.2. The van der Waals surface area contributed by atoms with Crippen molar-refractivity contribution in [1.82, 2.24) is 29.8 Å². The van der Waals surface area contributed by atoms with Crippen molar-refractivity contribution in [3.8, 4) is 22.5 Å². The summed E-state index contributed by atoms with van der Waals surface area (Å²) in [6.07, 6.45) is 2.28. The molecule has 0 aliphatic heterocycles. The maximum absolute atomic E-state index is 14.1. The molecule has 0 spiro atoms. The number of halogens is 2. The van der Waals surface area contributed by atoms with Gasteiger partial charge in [0.1, 0.15) is 17.5 Å². The van der Waals surface area contributed by atoms with Gasteiger partial charge in [0.25, 0.3) is 5.56 Å². The Morgan fingerprint density at radius 1 is 0.826 bits per heavy atom. The highest BCUT2D eigenvalue weighted by Crippen LogP contribution is 2.30. The fraction of sp³-hybridized carbons (Fsp3) is 0.235. The van der Waals surface area contributed by atoms with Gasteiger partial charge in [-0.2, -0.15) is 4.98 Å². The van der Waals surface area contributed by atoms with Gasteiger partial charge in [0.05, 0.1) is 13.0 Å². The Labute approximate surface area is 261 Å². The Hall–Kier alpha value is -5.52. The molecular weight excluding hydrogens is 594 g/mol. The smallest absolute Gasteiger partial charge is 0.339 e. The summed E-state index contributed by atoms with van der Waals surface area (Å²) >= 11 is 0. The molecule has 0 saturated heterocycles. The number of rotatable bonds is 11. The Balaban J connectivity index is 1.28. The average Bonchev–Trinajstić information content (AvgIpc) is 3.70. The topological polar surface area (TPSA) is 133 Å². The first-order chi connectivity index (χ1) is 22.3. The minimum atomic E-state index is -0.694. The third kappa shape index (κ3) is 6.46. The fourth-order valence-corrected chi connectivity index (χ4v) is 5.35. The summed E-state index contributed by atoms with van der Waals surface area (Å²) in [5, 5.41) is 7.71. The number of hydrogen-bond acceptors (Lipinski definition) is 8. The molecule has 0 aliphatic rings. The van der Waals surface area contributed by atoms with E-state index in [0.29, 0.717) is 35.9 Å². The number of benzene rings is 3. The Kier molecular flexibility index (Phi) is 8.77. The summed E-state index contributed by atoms with van der Waals surface area (Å²) in [5.41, 5.74) is 3.95. The van der Waals surface area contributed by atoms with Crippen molar-refractivity contribution in [3.63, 3.8) is 0 Å². The first-order valence-corrected chi connectivity index (χ1v) is 14.9. The Morgan fingerprint density at radius 2 is 1.57 bits per heavy atom. The van der Waals surface area contributed by atoms with Gasteiger partial charge in [-0.3, -0.25) is 18.9 Å². The van der Waals surface area contributed by atoms with E-state index >= 15 is 0 Å². The lowest BCUT2D eigenvalue weighted by Gasteiger charge is -2.16. The van der Waals surface area contributed by atoms with E-state index in [0.717, 1.165) is 35.1 Å². The molecule has 0 atom stereocenters.